The van der Waals surface area contributed by atoms with Crippen molar-refractivity contribution >= 4 is 38.5 Å². The van der Waals surface area contributed by atoms with Crippen molar-refractivity contribution < 1.29 is 32.2 Å². The SMILES string of the molecule is COC(=O)c1cc(NS(=O)(=O)c2cc(C(N)=O)c(O)cc2F)cc2[nH]ccc12. The van der Waals surface area contributed by atoms with E-state index in [0.29, 0.717) is 23.0 Å². The number of halogens is 1. The molecule has 11 heteroatoms. The summed E-state index contributed by atoms with van der Waals surface area (Å²) in [5.41, 5.74) is 4.97. The van der Waals surface area contributed by atoms with Crippen molar-refractivity contribution in [3.63, 3.8) is 0 Å². The normalized spacial score (nSPS) is 11.4. The average molecular weight is 407 g/mol. The molecule has 0 aliphatic heterocycles. The molecule has 0 aliphatic carbocycles. The van der Waals surface area contributed by atoms with Crippen LogP contribution in [0.1, 0.15) is 20.7 Å². The largest absolute Gasteiger partial charge is 0.507 e. The summed E-state index contributed by atoms with van der Waals surface area (Å²) in [6.07, 6.45) is 1.55. The number of rotatable bonds is 5. The first-order valence-electron chi connectivity index (χ1n) is 7.68. The predicted octanol–water partition coefficient (Wildman–Crippen LogP) is 1.70. The molecular weight excluding hydrogens is 393 g/mol. The zero-order valence-corrected chi connectivity index (χ0v) is 15.1. The minimum absolute atomic E-state index is 0.0524. The lowest BCUT2D eigenvalue weighted by Gasteiger charge is -2.12. The van der Waals surface area contributed by atoms with Gasteiger partial charge in [0, 0.05) is 23.2 Å². The topological polar surface area (TPSA) is 152 Å². The van der Waals surface area contributed by atoms with Crippen LogP contribution in [0, 0.1) is 5.82 Å². The van der Waals surface area contributed by atoms with Gasteiger partial charge in [0.15, 0.2) is 0 Å². The van der Waals surface area contributed by atoms with E-state index in [-0.39, 0.29) is 11.3 Å². The molecule has 1 amide bonds. The summed E-state index contributed by atoms with van der Waals surface area (Å²) in [7, 11) is -3.35. The van der Waals surface area contributed by atoms with Crippen molar-refractivity contribution in [1.82, 2.24) is 4.98 Å². The molecule has 0 radical (unpaired) electrons. The zero-order chi connectivity index (χ0) is 20.6. The molecule has 3 rings (SSSR count). The summed E-state index contributed by atoms with van der Waals surface area (Å²) in [6.45, 7) is 0. The van der Waals surface area contributed by atoms with Crippen LogP contribution in [0.4, 0.5) is 10.1 Å². The standard InChI is InChI=1S/C17H14FN3O6S/c1-27-17(24)10-4-8(5-13-9(10)2-3-20-13)21-28(25,26)15-6-11(16(19)23)14(22)7-12(15)18/h2-7,20-22H,1H3,(H2,19,23). The molecule has 0 fully saturated rings. The van der Waals surface area contributed by atoms with Crippen molar-refractivity contribution in [2.45, 2.75) is 4.90 Å². The number of nitrogens with one attached hydrogen (secondary N) is 2. The number of sulfonamides is 1. The first-order chi connectivity index (χ1) is 13.1. The van der Waals surface area contributed by atoms with Crippen LogP contribution < -0.4 is 10.5 Å². The van der Waals surface area contributed by atoms with Gasteiger partial charge in [-0.25, -0.2) is 17.6 Å². The van der Waals surface area contributed by atoms with Gasteiger partial charge in [0.05, 0.1) is 23.9 Å². The van der Waals surface area contributed by atoms with Gasteiger partial charge >= 0.3 is 5.97 Å². The number of primary amides is 1. The third kappa shape index (κ3) is 3.34. The number of methoxy groups -OCH3 is 1. The number of aromatic nitrogens is 1. The number of hydrogen-bond donors (Lipinski definition) is 4. The summed E-state index contributed by atoms with van der Waals surface area (Å²) < 4.78 is 46.2. The lowest BCUT2D eigenvalue weighted by Crippen LogP contribution is -2.18. The Balaban J connectivity index is 2.10. The highest BCUT2D eigenvalue weighted by molar-refractivity contribution is 7.92. The summed E-state index contributed by atoms with van der Waals surface area (Å²) >= 11 is 0. The first-order valence-corrected chi connectivity index (χ1v) is 9.17. The lowest BCUT2D eigenvalue weighted by atomic mass is 10.1. The fourth-order valence-electron chi connectivity index (χ4n) is 2.66. The van der Waals surface area contributed by atoms with E-state index < -0.39 is 43.9 Å². The Hall–Kier alpha value is -3.60. The second-order valence-electron chi connectivity index (χ2n) is 5.72. The molecule has 0 aliphatic rings. The minimum Gasteiger partial charge on any atom is -0.507 e. The van der Waals surface area contributed by atoms with Crippen molar-refractivity contribution in [3.8, 4) is 5.75 Å². The van der Waals surface area contributed by atoms with E-state index in [4.69, 9.17) is 5.73 Å². The molecule has 0 spiro atoms. The summed E-state index contributed by atoms with van der Waals surface area (Å²) in [5.74, 6) is -3.90. The number of anilines is 1. The Morgan fingerprint density at radius 3 is 2.57 bits per heavy atom. The number of benzene rings is 2. The van der Waals surface area contributed by atoms with Gasteiger partial charge in [0.1, 0.15) is 16.5 Å². The maximum Gasteiger partial charge on any atom is 0.338 e. The van der Waals surface area contributed by atoms with E-state index in [1.165, 1.54) is 19.2 Å². The number of H-pyrrole nitrogens is 1. The van der Waals surface area contributed by atoms with E-state index in [0.717, 1.165) is 0 Å². The number of fused-ring (bicyclic) bond motifs is 1. The molecule has 0 bridgehead atoms. The van der Waals surface area contributed by atoms with Crippen LogP contribution in [0.15, 0.2) is 41.4 Å². The highest BCUT2D eigenvalue weighted by Gasteiger charge is 2.24. The maximum absolute atomic E-state index is 14.1. The number of nitrogens with two attached hydrogens (primary N) is 1. The molecule has 1 aromatic heterocycles. The van der Waals surface area contributed by atoms with Crippen LogP contribution >= 0.6 is 0 Å². The molecule has 28 heavy (non-hydrogen) atoms. The van der Waals surface area contributed by atoms with E-state index in [1.807, 2.05) is 0 Å². The molecule has 1 heterocycles. The summed E-state index contributed by atoms with van der Waals surface area (Å²) in [4.78, 5) is 25.2. The molecule has 0 atom stereocenters. The number of aromatic hydroxyl groups is 1. The van der Waals surface area contributed by atoms with Gasteiger partial charge in [-0.2, -0.15) is 0 Å². The number of esters is 1. The third-order valence-corrected chi connectivity index (χ3v) is 5.33. The van der Waals surface area contributed by atoms with Crippen LogP contribution in [0.3, 0.4) is 0 Å². The second kappa shape index (κ2) is 6.85. The van der Waals surface area contributed by atoms with Crippen molar-refractivity contribution in [1.29, 1.82) is 0 Å². The molecule has 9 nitrogen and oxygen atoms in total. The molecule has 146 valence electrons. The first kappa shape index (κ1) is 19.2. The van der Waals surface area contributed by atoms with E-state index >= 15 is 0 Å². The second-order valence-corrected chi connectivity index (χ2v) is 7.37. The fourth-order valence-corrected chi connectivity index (χ4v) is 3.79. The average Bonchev–Trinajstić information content (AvgIpc) is 3.07. The molecule has 3 aromatic rings. The number of hydrogen-bond acceptors (Lipinski definition) is 6. The molecule has 2 aromatic carbocycles. The van der Waals surface area contributed by atoms with Crippen molar-refractivity contribution in [2.75, 3.05) is 11.8 Å². The van der Waals surface area contributed by atoms with Gasteiger partial charge in [-0.1, -0.05) is 0 Å². The van der Waals surface area contributed by atoms with Gasteiger partial charge in [-0.3, -0.25) is 9.52 Å². The Bertz CT molecular complexity index is 1220. The predicted molar refractivity (Wildman–Crippen MR) is 97.0 cm³/mol. The van der Waals surface area contributed by atoms with E-state index in [2.05, 4.69) is 14.4 Å². The number of phenols is 1. The van der Waals surface area contributed by atoms with E-state index in [9.17, 15) is 27.5 Å². The van der Waals surface area contributed by atoms with Gasteiger partial charge in [-0.15, -0.1) is 0 Å². The highest BCUT2D eigenvalue weighted by Crippen LogP contribution is 2.29. The molecule has 5 N–H and O–H groups in total. The zero-order valence-electron chi connectivity index (χ0n) is 14.3. The van der Waals surface area contributed by atoms with Crippen LogP contribution in [0.5, 0.6) is 5.75 Å². The molecule has 0 unspecified atom stereocenters. The van der Waals surface area contributed by atoms with Gasteiger partial charge in [-0.05, 0) is 24.3 Å². The number of ether oxygens (including phenoxy) is 1. The van der Waals surface area contributed by atoms with E-state index in [1.54, 1.807) is 12.3 Å². The van der Waals surface area contributed by atoms with Crippen LogP contribution in [0.25, 0.3) is 10.9 Å². The smallest absolute Gasteiger partial charge is 0.338 e. The van der Waals surface area contributed by atoms with Crippen molar-refractivity contribution in [3.05, 3.63) is 53.5 Å². The monoisotopic (exact) mass is 407 g/mol. The summed E-state index contributed by atoms with van der Waals surface area (Å²) in [5, 5.41) is 10.1. The summed E-state index contributed by atoms with van der Waals surface area (Å²) in [6, 6.07) is 5.34. The fraction of sp³-hybridized carbons (Fsp3) is 0.0588. The number of aromatic amines is 1. The Kier molecular flexibility index (Phi) is 4.69. The Morgan fingerprint density at radius 2 is 1.93 bits per heavy atom. The minimum atomic E-state index is -4.53. The molecule has 0 saturated heterocycles. The number of carbonyl (C=O) groups is 2. The lowest BCUT2D eigenvalue weighted by molar-refractivity contribution is 0.0603. The Morgan fingerprint density at radius 1 is 1.21 bits per heavy atom. The van der Waals surface area contributed by atoms with Crippen LogP contribution in [-0.2, 0) is 14.8 Å². The Labute approximate surface area is 158 Å². The van der Waals surface area contributed by atoms with Crippen LogP contribution in [0.2, 0.25) is 0 Å². The molecular formula is C17H14FN3O6S. The quantitative estimate of drug-likeness (QED) is 0.473. The molecule has 0 saturated carbocycles. The maximum atomic E-state index is 14.1. The third-order valence-electron chi connectivity index (χ3n) is 3.93. The van der Waals surface area contributed by atoms with Gasteiger partial charge < -0.3 is 20.6 Å². The number of amides is 1. The van der Waals surface area contributed by atoms with Gasteiger partial charge in [0.25, 0.3) is 15.9 Å². The van der Waals surface area contributed by atoms with Crippen LogP contribution in [-0.4, -0.2) is 37.5 Å². The van der Waals surface area contributed by atoms with Gasteiger partial charge in [0.2, 0.25) is 0 Å². The van der Waals surface area contributed by atoms with Crippen molar-refractivity contribution in [2.24, 2.45) is 5.73 Å². The highest BCUT2D eigenvalue weighted by atomic mass is 32.2. The number of carbonyl (C=O) groups excluding carboxylic acids is 2.